The predicted octanol–water partition coefficient (Wildman–Crippen LogP) is 4.88. The summed E-state index contributed by atoms with van der Waals surface area (Å²) in [5, 5.41) is 2.27. The summed E-state index contributed by atoms with van der Waals surface area (Å²) in [4.78, 5) is 38.6. The number of imide groups is 1. The Kier molecular flexibility index (Phi) is 6.95. The number of thioether (sulfide) groups is 1. The molecule has 0 spiro atoms. The molecule has 0 saturated carbocycles. The molecule has 0 aromatic heterocycles. The number of anilines is 1. The summed E-state index contributed by atoms with van der Waals surface area (Å²) in [5.41, 5.74) is 2.49. The van der Waals surface area contributed by atoms with Crippen LogP contribution in [-0.4, -0.2) is 35.1 Å². The molecule has 1 saturated heterocycles. The number of hydrogen-bond acceptors (Lipinski definition) is 5. The Morgan fingerprint density at radius 2 is 1.83 bits per heavy atom. The number of para-hydroxylation sites is 1. The van der Waals surface area contributed by atoms with Crippen molar-refractivity contribution in [2.24, 2.45) is 0 Å². The van der Waals surface area contributed by atoms with Gasteiger partial charge in [-0.1, -0.05) is 44.2 Å². The van der Waals surface area contributed by atoms with Gasteiger partial charge in [-0.05, 0) is 54.4 Å². The van der Waals surface area contributed by atoms with Crippen LogP contribution in [0.1, 0.15) is 37.8 Å². The highest BCUT2D eigenvalue weighted by Crippen LogP contribution is 2.33. The average Bonchev–Trinajstić information content (AvgIpc) is 2.97. The number of rotatable bonds is 7. The minimum absolute atomic E-state index is 0.265. The molecule has 156 valence electrons. The molecule has 2 aromatic rings. The van der Waals surface area contributed by atoms with Crippen LogP contribution in [0.15, 0.2) is 53.4 Å². The molecule has 3 amide bonds. The molecule has 7 heteroatoms. The first-order chi connectivity index (χ1) is 14.4. The van der Waals surface area contributed by atoms with Crippen LogP contribution in [0, 0.1) is 0 Å². The molecular weight excluding hydrogens is 400 g/mol. The molecular formula is C23H24N2O4S. The Balaban J connectivity index is 1.68. The first kappa shape index (κ1) is 21.6. The maximum Gasteiger partial charge on any atom is 0.294 e. The molecule has 0 bridgehead atoms. The molecule has 1 N–H and O–H groups in total. The first-order valence-corrected chi connectivity index (χ1v) is 10.6. The van der Waals surface area contributed by atoms with Crippen LogP contribution in [0.2, 0.25) is 0 Å². The van der Waals surface area contributed by atoms with Crippen LogP contribution >= 0.6 is 11.8 Å². The summed E-state index contributed by atoms with van der Waals surface area (Å²) in [6.07, 6.45) is 1.62. The Morgan fingerprint density at radius 1 is 1.13 bits per heavy atom. The number of nitrogens with one attached hydrogen (secondary N) is 1. The van der Waals surface area contributed by atoms with Crippen LogP contribution < -0.4 is 10.1 Å². The Hall–Kier alpha value is -3.06. The minimum atomic E-state index is -0.485. The second kappa shape index (κ2) is 9.63. The summed E-state index contributed by atoms with van der Waals surface area (Å²) in [6, 6.07) is 14.8. The van der Waals surface area contributed by atoms with Gasteiger partial charge >= 0.3 is 0 Å². The van der Waals surface area contributed by atoms with Crippen molar-refractivity contribution in [3.05, 3.63) is 64.6 Å². The number of benzene rings is 2. The summed E-state index contributed by atoms with van der Waals surface area (Å²) >= 11 is 0.820. The van der Waals surface area contributed by atoms with Gasteiger partial charge in [0.1, 0.15) is 12.3 Å². The maximum absolute atomic E-state index is 12.7. The van der Waals surface area contributed by atoms with E-state index in [2.05, 4.69) is 19.2 Å². The zero-order valence-electron chi connectivity index (χ0n) is 17.2. The van der Waals surface area contributed by atoms with Gasteiger partial charge in [-0.3, -0.25) is 19.3 Å². The smallest absolute Gasteiger partial charge is 0.294 e. The molecule has 0 radical (unpaired) electrons. The van der Waals surface area contributed by atoms with E-state index in [-0.39, 0.29) is 11.4 Å². The number of ether oxygens (including phenoxy) is 1. The van der Waals surface area contributed by atoms with E-state index in [9.17, 15) is 14.4 Å². The Morgan fingerprint density at radius 3 is 2.50 bits per heavy atom. The fraction of sp³-hybridized carbons (Fsp3) is 0.261. The van der Waals surface area contributed by atoms with Crippen molar-refractivity contribution in [2.45, 2.75) is 26.7 Å². The van der Waals surface area contributed by atoms with Crippen molar-refractivity contribution in [2.75, 3.05) is 18.5 Å². The third-order valence-corrected chi connectivity index (χ3v) is 5.45. The molecule has 3 rings (SSSR count). The van der Waals surface area contributed by atoms with E-state index in [0.717, 1.165) is 22.2 Å². The van der Waals surface area contributed by atoms with E-state index in [0.29, 0.717) is 29.5 Å². The fourth-order valence-electron chi connectivity index (χ4n) is 2.96. The molecule has 6 nitrogen and oxygen atoms in total. The largest absolute Gasteiger partial charge is 0.493 e. The molecule has 0 unspecified atom stereocenters. The van der Waals surface area contributed by atoms with Gasteiger partial charge in [-0.25, -0.2) is 0 Å². The van der Waals surface area contributed by atoms with E-state index in [1.54, 1.807) is 12.1 Å². The van der Waals surface area contributed by atoms with Crippen LogP contribution in [0.5, 0.6) is 5.75 Å². The lowest BCUT2D eigenvalue weighted by Gasteiger charge is -2.13. The van der Waals surface area contributed by atoms with Crippen molar-refractivity contribution in [3.63, 3.8) is 0 Å². The lowest BCUT2D eigenvalue weighted by atomic mass is 10.0. The summed E-state index contributed by atoms with van der Waals surface area (Å²) in [7, 11) is 0. The summed E-state index contributed by atoms with van der Waals surface area (Å²) in [5.74, 6) is 0.117. The van der Waals surface area contributed by atoms with Gasteiger partial charge in [0, 0.05) is 11.3 Å². The van der Waals surface area contributed by atoms with E-state index in [4.69, 9.17) is 4.74 Å². The zero-order chi connectivity index (χ0) is 21.7. The van der Waals surface area contributed by atoms with Gasteiger partial charge < -0.3 is 10.1 Å². The Labute approximate surface area is 180 Å². The van der Waals surface area contributed by atoms with E-state index >= 15 is 0 Å². The lowest BCUT2D eigenvalue weighted by molar-refractivity contribution is -0.127. The normalized spacial score (nSPS) is 15.2. The highest BCUT2D eigenvalue weighted by atomic mass is 32.2. The second-order valence-corrected chi connectivity index (χ2v) is 8.06. The molecule has 1 aliphatic heterocycles. The minimum Gasteiger partial charge on any atom is -0.493 e. The average molecular weight is 425 g/mol. The standard InChI is InChI=1S/C23H24N2O4S/c1-4-29-19-8-6-5-7-17(19)13-20-22(27)25(23(28)30-20)14-21(26)24-18-11-9-16(10-12-18)15(2)3/h5-13,15H,4,14H2,1-3H3,(H,24,26). The summed E-state index contributed by atoms with van der Waals surface area (Å²) < 4.78 is 5.56. The van der Waals surface area contributed by atoms with Crippen LogP contribution in [-0.2, 0) is 9.59 Å². The molecule has 2 aromatic carbocycles. The van der Waals surface area contributed by atoms with E-state index < -0.39 is 17.1 Å². The third-order valence-electron chi connectivity index (χ3n) is 4.54. The first-order valence-electron chi connectivity index (χ1n) is 9.76. The predicted molar refractivity (Wildman–Crippen MR) is 119 cm³/mol. The van der Waals surface area contributed by atoms with Crippen LogP contribution in [0.4, 0.5) is 10.5 Å². The van der Waals surface area contributed by atoms with Gasteiger partial charge in [-0.2, -0.15) is 0 Å². The van der Waals surface area contributed by atoms with Crippen LogP contribution in [0.25, 0.3) is 6.08 Å². The van der Waals surface area contributed by atoms with Crippen molar-refractivity contribution in [1.29, 1.82) is 0 Å². The van der Waals surface area contributed by atoms with E-state index in [1.165, 1.54) is 0 Å². The molecule has 1 heterocycles. The lowest BCUT2D eigenvalue weighted by Crippen LogP contribution is -2.36. The third kappa shape index (κ3) is 5.10. The zero-order valence-corrected chi connectivity index (χ0v) is 18.0. The van der Waals surface area contributed by atoms with Gasteiger partial charge in [-0.15, -0.1) is 0 Å². The second-order valence-electron chi connectivity index (χ2n) is 7.06. The molecule has 0 atom stereocenters. The topological polar surface area (TPSA) is 75.7 Å². The van der Waals surface area contributed by atoms with Crippen molar-refractivity contribution >= 4 is 40.6 Å². The van der Waals surface area contributed by atoms with Gasteiger partial charge in [0.15, 0.2) is 0 Å². The number of carbonyl (C=O) groups is 3. The molecule has 0 aliphatic carbocycles. The number of nitrogens with zero attached hydrogens (tertiary/aromatic N) is 1. The monoisotopic (exact) mass is 424 g/mol. The Bertz CT molecular complexity index is 983. The molecule has 1 fully saturated rings. The number of carbonyl (C=O) groups excluding carboxylic acids is 3. The number of hydrogen-bond donors (Lipinski definition) is 1. The van der Waals surface area contributed by atoms with Crippen molar-refractivity contribution in [3.8, 4) is 5.75 Å². The van der Waals surface area contributed by atoms with E-state index in [1.807, 2.05) is 49.4 Å². The van der Waals surface area contributed by atoms with Gasteiger partial charge in [0.2, 0.25) is 5.91 Å². The number of amides is 3. The van der Waals surface area contributed by atoms with Crippen molar-refractivity contribution < 1.29 is 19.1 Å². The maximum atomic E-state index is 12.7. The molecule has 30 heavy (non-hydrogen) atoms. The fourth-order valence-corrected chi connectivity index (χ4v) is 3.79. The highest BCUT2D eigenvalue weighted by Gasteiger charge is 2.36. The SMILES string of the molecule is CCOc1ccccc1C=C1SC(=O)N(CC(=O)Nc2ccc(C(C)C)cc2)C1=O. The quantitative estimate of drug-likeness (QED) is 0.641. The van der Waals surface area contributed by atoms with Gasteiger partial charge in [0.25, 0.3) is 11.1 Å². The van der Waals surface area contributed by atoms with Crippen LogP contribution in [0.3, 0.4) is 0 Å². The highest BCUT2D eigenvalue weighted by molar-refractivity contribution is 8.18. The van der Waals surface area contributed by atoms with Crippen molar-refractivity contribution in [1.82, 2.24) is 4.90 Å². The van der Waals surface area contributed by atoms with Gasteiger partial charge in [0.05, 0.1) is 11.5 Å². The summed E-state index contributed by atoms with van der Waals surface area (Å²) in [6.45, 7) is 6.22. The molecule has 1 aliphatic rings.